The first-order valence-corrected chi connectivity index (χ1v) is 6.75. The third-order valence-electron chi connectivity index (χ3n) is 2.01. The fourth-order valence-corrected chi connectivity index (χ4v) is 3.05. The van der Waals surface area contributed by atoms with Gasteiger partial charge in [-0.05, 0) is 69.4 Å². The van der Waals surface area contributed by atoms with Crippen molar-refractivity contribution in [3.8, 4) is 5.75 Å². The maximum Gasteiger partial charge on any atom is 0.219 e. The molecule has 0 bridgehead atoms. The Morgan fingerprint density at radius 1 is 1.35 bits per heavy atom. The van der Waals surface area contributed by atoms with Gasteiger partial charge in [0.05, 0.1) is 3.57 Å². The van der Waals surface area contributed by atoms with Gasteiger partial charge in [0.2, 0.25) is 5.82 Å². The summed E-state index contributed by atoms with van der Waals surface area (Å²) in [6.07, 6.45) is 1.55. The molecule has 0 aliphatic rings. The molecule has 0 aliphatic carbocycles. The molecule has 0 saturated heterocycles. The van der Waals surface area contributed by atoms with Crippen molar-refractivity contribution in [1.82, 2.24) is 10.3 Å². The Bertz CT molecular complexity index is 581. The monoisotopic (exact) mass is 455 g/mol. The molecular formula is C10H7I2N3O2. The molecule has 2 rings (SSSR count). The van der Waals surface area contributed by atoms with Gasteiger partial charge in [-0.25, -0.2) is 9.62 Å². The van der Waals surface area contributed by atoms with E-state index in [2.05, 4.69) is 65.1 Å². The number of hydrogen-bond donors (Lipinski definition) is 1. The molecule has 0 saturated carbocycles. The van der Waals surface area contributed by atoms with Crippen LogP contribution in [0.3, 0.4) is 0 Å². The average molecular weight is 455 g/mol. The lowest BCUT2D eigenvalue weighted by atomic mass is 10.2. The number of phenols is 1. The fraction of sp³-hybridized carbons (Fsp3) is 0.100. The Morgan fingerprint density at radius 3 is 2.76 bits per heavy atom. The van der Waals surface area contributed by atoms with Crippen molar-refractivity contribution in [2.24, 2.45) is 4.99 Å². The molecule has 1 N–H and O–H groups in total. The van der Waals surface area contributed by atoms with E-state index in [9.17, 15) is 5.11 Å². The lowest BCUT2D eigenvalue weighted by Gasteiger charge is -2.02. The van der Waals surface area contributed by atoms with E-state index in [0.717, 1.165) is 7.14 Å². The van der Waals surface area contributed by atoms with Crippen molar-refractivity contribution in [3.63, 3.8) is 0 Å². The molecule has 0 radical (unpaired) electrons. The van der Waals surface area contributed by atoms with Crippen molar-refractivity contribution >= 4 is 57.2 Å². The highest BCUT2D eigenvalue weighted by Gasteiger charge is 2.06. The van der Waals surface area contributed by atoms with Gasteiger partial charge in [0.15, 0.2) is 0 Å². The zero-order valence-corrected chi connectivity index (χ0v) is 13.0. The second kappa shape index (κ2) is 5.29. The Kier molecular flexibility index (Phi) is 3.97. The van der Waals surface area contributed by atoms with Crippen LogP contribution in [0.5, 0.6) is 5.75 Å². The standard InChI is InChI=1S/C10H7I2N3O2/c1-5-10(15-17-14-5)13-4-6-2-7(11)3-8(12)9(6)16/h2-4,16H,1H3. The molecule has 1 aromatic heterocycles. The summed E-state index contributed by atoms with van der Waals surface area (Å²) in [7, 11) is 0. The van der Waals surface area contributed by atoms with E-state index in [4.69, 9.17) is 0 Å². The third kappa shape index (κ3) is 2.94. The second-order valence-corrected chi connectivity index (χ2v) is 5.66. The minimum Gasteiger partial charge on any atom is -0.506 e. The van der Waals surface area contributed by atoms with Crippen LogP contribution in [0, 0.1) is 14.1 Å². The van der Waals surface area contributed by atoms with Gasteiger partial charge in [0.25, 0.3) is 0 Å². The summed E-state index contributed by atoms with van der Waals surface area (Å²) in [5.74, 6) is 0.627. The zero-order chi connectivity index (χ0) is 12.4. The number of aliphatic imine (C=N–C) groups is 1. The van der Waals surface area contributed by atoms with Crippen LogP contribution in [0.15, 0.2) is 21.8 Å². The Morgan fingerprint density at radius 2 is 2.12 bits per heavy atom. The van der Waals surface area contributed by atoms with Crippen LogP contribution in [0.4, 0.5) is 5.82 Å². The van der Waals surface area contributed by atoms with Crippen molar-refractivity contribution in [1.29, 1.82) is 0 Å². The van der Waals surface area contributed by atoms with E-state index < -0.39 is 0 Å². The molecule has 0 unspecified atom stereocenters. The van der Waals surface area contributed by atoms with Gasteiger partial charge in [-0.2, -0.15) is 0 Å². The molecule has 2 aromatic rings. The molecular weight excluding hydrogens is 448 g/mol. The highest BCUT2D eigenvalue weighted by atomic mass is 127. The van der Waals surface area contributed by atoms with Crippen LogP contribution >= 0.6 is 45.2 Å². The van der Waals surface area contributed by atoms with Crippen molar-refractivity contribution in [3.05, 3.63) is 30.5 Å². The number of nitrogens with zero attached hydrogens (tertiary/aromatic N) is 3. The lowest BCUT2D eigenvalue weighted by Crippen LogP contribution is -1.88. The van der Waals surface area contributed by atoms with Gasteiger partial charge >= 0.3 is 0 Å². The average Bonchev–Trinajstić information content (AvgIpc) is 2.67. The molecule has 0 spiro atoms. The number of aryl methyl sites for hydroxylation is 1. The fourth-order valence-electron chi connectivity index (χ4n) is 1.16. The minimum atomic E-state index is 0.212. The topological polar surface area (TPSA) is 71.5 Å². The first kappa shape index (κ1) is 12.7. The summed E-state index contributed by atoms with van der Waals surface area (Å²) in [4.78, 5) is 4.12. The van der Waals surface area contributed by atoms with Gasteiger partial charge in [0, 0.05) is 15.3 Å². The van der Waals surface area contributed by atoms with Gasteiger partial charge in [-0.15, -0.1) is 0 Å². The molecule has 0 amide bonds. The van der Waals surface area contributed by atoms with Gasteiger partial charge < -0.3 is 5.11 Å². The largest absolute Gasteiger partial charge is 0.506 e. The number of benzene rings is 1. The summed E-state index contributed by atoms with van der Waals surface area (Å²) >= 11 is 4.26. The molecule has 0 atom stereocenters. The summed E-state index contributed by atoms with van der Waals surface area (Å²) in [6.45, 7) is 1.75. The molecule has 1 aromatic carbocycles. The van der Waals surface area contributed by atoms with Crippen LogP contribution < -0.4 is 0 Å². The molecule has 1 heterocycles. The van der Waals surface area contributed by atoms with E-state index in [1.54, 1.807) is 13.1 Å². The van der Waals surface area contributed by atoms with E-state index >= 15 is 0 Å². The van der Waals surface area contributed by atoms with Crippen LogP contribution in [0.1, 0.15) is 11.3 Å². The first-order chi connectivity index (χ1) is 8.08. The molecule has 0 fully saturated rings. The quantitative estimate of drug-likeness (QED) is 0.559. The Balaban J connectivity index is 2.37. The van der Waals surface area contributed by atoms with Gasteiger partial charge in [-0.1, -0.05) is 5.16 Å². The third-order valence-corrected chi connectivity index (χ3v) is 3.46. The van der Waals surface area contributed by atoms with Gasteiger partial charge in [-0.3, -0.25) is 0 Å². The summed E-state index contributed by atoms with van der Waals surface area (Å²) < 4.78 is 6.34. The van der Waals surface area contributed by atoms with E-state index in [1.165, 1.54) is 0 Å². The molecule has 0 aliphatic heterocycles. The number of phenolic OH excluding ortho intramolecular Hbond substituents is 1. The van der Waals surface area contributed by atoms with E-state index in [-0.39, 0.29) is 5.75 Å². The maximum absolute atomic E-state index is 9.86. The smallest absolute Gasteiger partial charge is 0.219 e. The number of rotatable bonds is 2. The number of aromatic hydroxyl groups is 1. The van der Waals surface area contributed by atoms with Crippen molar-refractivity contribution < 1.29 is 9.74 Å². The highest BCUT2D eigenvalue weighted by Crippen LogP contribution is 2.26. The van der Waals surface area contributed by atoms with Crippen molar-refractivity contribution in [2.45, 2.75) is 6.92 Å². The minimum absolute atomic E-state index is 0.212. The molecule has 7 heteroatoms. The maximum atomic E-state index is 9.86. The SMILES string of the molecule is Cc1nonc1N=Cc1cc(I)cc(I)c1O. The predicted octanol–water partition coefficient (Wildman–Crippen LogP) is 3.04. The number of hydrogen-bond acceptors (Lipinski definition) is 5. The summed E-state index contributed by atoms with van der Waals surface area (Å²) in [5, 5.41) is 17.1. The summed E-state index contributed by atoms with van der Waals surface area (Å²) in [5.41, 5.74) is 1.25. The Labute approximate surface area is 125 Å². The second-order valence-electron chi connectivity index (χ2n) is 3.26. The first-order valence-electron chi connectivity index (χ1n) is 4.59. The van der Waals surface area contributed by atoms with E-state index in [0.29, 0.717) is 17.1 Å². The zero-order valence-electron chi connectivity index (χ0n) is 8.69. The summed E-state index contributed by atoms with van der Waals surface area (Å²) in [6, 6.07) is 3.72. The van der Waals surface area contributed by atoms with Crippen LogP contribution in [-0.4, -0.2) is 21.6 Å². The lowest BCUT2D eigenvalue weighted by molar-refractivity contribution is 0.306. The van der Waals surface area contributed by atoms with Crippen molar-refractivity contribution in [2.75, 3.05) is 0 Å². The Hall–Kier alpha value is -0.710. The number of aromatic nitrogens is 2. The van der Waals surface area contributed by atoms with E-state index in [1.807, 2.05) is 12.1 Å². The molecule has 5 nitrogen and oxygen atoms in total. The normalized spacial score (nSPS) is 11.2. The molecule has 17 heavy (non-hydrogen) atoms. The van der Waals surface area contributed by atoms with Gasteiger partial charge in [0.1, 0.15) is 11.4 Å². The predicted molar refractivity (Wildman–Crippen MR) is 79.8 cm³/mol. The molecule has 88 valence electrons. The van der Waals surface area contributed by atoms with Crippen LogP contribution in [0.2, 0.25) is 0 Å². The van der Waals surface area contributed by atoms with Crippen LogP contribution in [-0.2, 0) is 0 Å². The van der Waals surface area contributed by atoms with Crippen LogP contribution in [0.25, 0.3) is 0 Å². The number of halogens is 2. The highest BCUT2D eigenvalue weighted by molar-refractivity contribution is 14.1.